The minimum absolute atomic E-state index is 0.388. The maximum atomic E-state index is 5.73. The molecule has 2 rings (SSSR count). The summed E-state index contributed by atoms with van der Waals surface area (Å²) in [7, 11) is 0. The molecule has 1 aliphatic carbocycles. The molecule has 1 heterocycles. The molecule has 0 spiro atoms. The van der Waals surface area contributed by atoms with Crippen LogP contribution in [-0.2, 0) is 6.42 Å². The van der Waals surface area contributed by atoms with Gasteiger partial charge in [-0.3, -0.25) is 11.3 Å². The quantitative estimate of drug-likeness (QED) is 0.640. The lowest BCUT2D eigenvalue weighted by Gasteiger charge is -2.32. The molecule has 17 heavy (non-hydrogen) atoms. The summed E-state index contributed by atoms with van der Waals surface area (Å²) in [5.41, 5.74) is 4.20. The summed E-state index contributed by atoms with van der Waals surface area (Å²) in [4.78, 5) is 4.54. The largest absolute Gasteiger partial charge is 0.271 e. The number of aryl methyl sites for hydroxylation is 1. The first kappa shape index (κ1) is 13.0. The minimum Gasteiger partial charge on any atom is -0.271 e. The third-order valence-electron chi connectivity index (χ3n) is 3.86. The Balaban J connectivity index is 1.95. The Labute approximate surface area is 108 Å². The van der Waals surface area contributed by atoms with Crippen LogP contribution in [0.5, 0.6) is 0 Å². The Morgan fingerprint density at radius 3 is 3.00 bits per heavy atom. The molecular formula is C13H23N3S. The van der Waals surface area contributed by atoms with Crippen LogP contribution in [0, 0.1) is 18.8 Å². The standard InChI is InChI=1S/C13H23N3S/c1-9-4-3-5-11(6-9)13(16-14)7-12-8-17-10(2)15-12/h8-9,11,13,16H,3-7,14H2,1-2H3. The van der Waals surface area contributed by atoms with Crippen molar-refractivity contribution in [2.45, 2.75) is 52.0 Å². The van der Waals surface area contributed by atoms with Gasteiger partial charge in [-0.2, -0.15) is 0 Å². The van der Waals surface area contributed by atoms with Crippen LogP contribution in [0.3, 0.4) is 0 Å². The van der Waals surface area contributed by atoms with Gasteiger partial charge in [0.2, 0.25) is 0 Å². The third-order valence-corrected chi connectivity index (χ3v) is 4.68. The van der Waals surface area contributed by atoms with Crippen molar-refractivity contribution < 1.29 is 0 Å². The molecule has 4 heteroatoms. The number of rotatable bonds is 4. The fourth-order valence-corrected chi connectivity index (χ4v) is 3.56. The van der Waals surface area contributed by atoms with Crippen LogP contribution in [0.1, 0.15) is 43.3 Å². The molecule has 0 saturated heterocycles. The highest BCUT2D eigenvalue weighted by Crippen LogP contribution is 2.31. The molecule has 3 N–H and O–H groups in total. The van der Waals surface area contributed by atoms with E-state index in [2.05, 4.69) is 29.6 Å². The van der Waals surface area contributed by atoms with E-state index in [-0.39, 0.29) is 0 Å². The molecule has 1 fully saturated rings. The van der Waals surface area contributed by atoms with Crippen LogP contribution in [0.15, 0.2) is 5.38 Å². The highest BCUT2D eigenvalue weighted by Gasteiger charge is 2.26. The number of nitrogens with one attached hydrogen (secondary N) is 1. The van der Waals surface area contributed by atoms with Crippen molar-refractivity contribution in [3.8, 4) is 0 Å². The Bertz CT molecular complexity index is 350. The van der Waals surface area contributed by atoms with E-state index in [0.717, 1.165) is 17.3 Å². The summed E-state index contributed by atoms with van der Waals surface area (Å²) in [6.45, 7) is 4.41. The van der Waals surface area contributed by atoms with Crippen LogP contribution in [-0.4, -0.2) is 11.0 Å². The number of hydrogen-bond donors (Lipinski definition) is 2. The van der Waals surface area contributed by atoms with E-state index in [9.17, 15) is 0 Å². The van der Waals surface area contributed by atoms with Gasteiger partial charge in [-0.15, -0.1) is 11.3 Å². The molecule has 1 aromatic rings. The van der Waals surface area contributed by atoms with E-state index in [1.54, 1.807) is 11.3 Å². The molecule has 0 radical (unpaired) electrons. The molecule has 1 saturated carbocycles. The first-order valence-corrected chi connectivity index (χ1v) is 7.44. The maximum Gasteiger partial charge on any atom is 0.0897 e. The number of aromatic nitrogens is 1. The Morgan fingerprint density at radius 2 is 2.41 bits per heavy atom. The number of hydrazine groups is 1. The van der Waals surface area contributed by atoms with Crippen LogP contribution in [0.25, 0.3) is 0 Å². The number of nitrogens with two attached hydrogens (primary N) is 1. The van der Waals surface area contributed by atoms with Crippen molar-refractivity contribution in [1.29, 1.82) is 0 Å². The van der Waals surface area contributed by atoms with Gasteiger partial charge in [-0.1, -0.05) is 19.8 Å². The van der Waals surface area contributed by atoms with Crippen molar-refractivity contribution in [2.75, 3.05) is 0 Å². The van der Waals surface area contributed by atoms with Crippen molar-refractivity contribution in [3.63, 3.8) is 0 Å². The number of hydrogen-bond acceptors (Lipinski definition) is 4. The lowest BCUT2D eigenvalue weighted by Crippen LogP contribution is -2.44. The summed E-state index contributed by atoms with van der Waals surface area (Å²) < 4.78 is 0. The van der Waals surface area contributed by atoms with Gasteiger partial charge < -0.3 is 0 Å². The normalized spacial score (nSPS) is 27.0. The van der Waals surface area contributed by atoms with Crippen LogP contribution in [0.2, 0.25) is 0 Å². The van der Waals surface area contributed by atoms with Crippen molar-refractivity contribution in [2.24, 2.45) is 17.7 Å². The molecule has 96 valence electrons. The van der Waals surface area contributed by atoms with Crippen LogP contribution >= 0.6 is 11.3 Å². The average molecular weight is 253 g/mol. The second-order valence-corrected chi connectivity index (χ2v) is 6.43. The zero-order valence-electron chi connectivity index (χ0n) is 10.8. The summed E-state index contributed by atoms with van der Waals surface area (Å²) >= 11 is 1.72. The molecule has 0 bridgehead atoms. The van der Waals surface area contributed by atoms with Gasteiger partial charge >= 0.3 is 0 Å². The van der Waals surface area contributed by atoms with E-state index in [0.29, 0.717) is 12.0 Å². The van der Waals surface area contributed by atoms with Gasteiger partial charge in [0.15, 0.2) is 0 Å². The number of thiazole rings is 1. The van der Waals surface area contributed by atoms with Crippen molar-refractivity contribution in [1.82, 2.24) is 10.4 Å². The Morgan fingerprint density at radius 1 is 1.59 bits per heavy atom. The van der Waals surface area contributed by atoms with Crippen molar-refractivity contribution >= 4 is 11.3 Å². The van der Waals surface area contributed by atoms with E-state index < -0.39 is 0 Å². The highest BCUT2D eigenvalue weighted by molar-refractivity contribution is 7.09. The summed E-state index contributed by atoms with van der Waals surface area (Å²) in [6, 6.07) is 0.388. The summed E-state index contributed by atoms with van der Waals surface area (Å²) in [5.74, 6) is 7.29. The van der Waals surface area contributed by atoms with E-state index >= 15 is 0 Å². The van der Waals surface area contributed by atoms with Crippen LogP contribution in [0.4, 0.5) is 0 Å². The van der Waals surface area contributed by atoms with Crippen LogP contribution < -0.4 is 11.3 Å². The van der Waals surface area contributed by atoms with Gasteiger partial charge in [0, 0.05) is 17.8 Å². The maximum absolute atomic E-state index is 5.73. The van der Waals surface area contributed by atoms with Gasteiger partial charge in [0.25, 0.3) is 0 Å². The highest BCUT2D eigenvalue weighted by atomic mass is 32.1. The van der Waals surface area contributed by atoms with Gasteiger partial charge in [-0.05, 0) is 31.6 Å². The molecular weight excluding hydrogens is 230 g/mol. The monoisotopic (exact) mass is 253 g/mol. The minimum atomic E-state index is 0.388. The Hall–Kier alpha value is -0.450. The molecule has 3 nitrogen and oxygen atoms in total. The predicted molar refractivity (Wildman–Crippen MR) is 72.8 cm³/mol. The lowest BCUT2D eigenvalue weighted by atomic mass is 9.77. The first-order valence-electron chi connectivity index (χ1n) is 6.56. The summed E-state index contributed by atoms with van der Waals surface area (Å²) in [5, 5.41) is 3.30. The second kappa shape index (κ2) is 5.94. The average Bonchev–Trinajstić information content (AvgIpc) is 2.72. The van der Waals surface area contributed by atoms with Crippen molar-refractivity contribution in [3.05, 3.63) is 16.1 Å². The molecule has 0 amide bonds. The molecule has 1 aromatic heterocycles. The smallest absolute Gasteiger partial charge is 0.0897 e. The zero-order valence-corrected chi connectivity index (χ0v) is 11.6. The SMILES string of the molecule is Cc1nc(CC(NN)C2CCCC(C)C2)cs1. The number of nitrogens with zero attached hydrogens (tertiary/aromatic N) is 1. The molecule has 3 atom stereocenters. The first-order chi connectivity index (χ1) is 8.19. The third kappa shape index (κ3) is 3.50. The van der Waals surface area contributed by atoms with E-state index in [4.69, 9.17) is 5.84 Å². The van der Waals surface area contributed by atoms with E-state index in [1.165, 1.54) is 31.4 Å². The topological polar surface area (TPSA) is 50.9 Å². The molecule has 3 unspecified atom stereocenters. The molecule has 0 aliphatic heterocycles. The van der Waals surface area contributed by atoms with Gasteiger partial charge in [0.1, 0.15) is 0 Å². The fraction of sp³-hybridized carbons (Fsp3) is 0.769. The Kier molecular flexibility index (Phi) is 4.54. The lowest BCUT2D eigenvalue weighted by molar-refractivity contribution is 0.221. The molecule has 1 aliphatic rings. The summed E-state index contributed by atoms with van der Waals surface area (Å²) in [6.07, 6.45) is 6.31. The zero-order chi connectivity index (χ0) is 12.3. The predicted octanol–water partition coefficient (Wildman–Crippen LogP) is 2.65. The van der Waals surface area contributed by atoms with E-state index in [1.807, 2.05) is 0 Å². The van der Waals surface area contributed by atoms with Gasteiger partial charge in [-0.25, -0.2) is 4.98 Å². The van der Waals surface area contributed by atoms with Gasteiger partial charge in [0.05, 0.1) is 10.7 Å². The molecule has 0 aromatic carbocycles. The second-order valence-electron chi connectivity index (χ2n) is 5.37. The fourth-order valence-electron chi connectivity index (χ4n) is 2.94.